The summed E-state index contributed by atoms with van der Waals surface area (Å²) in [5.41, 5.74) is 0.0694. The number of hydrogen-bond donors (Lipinski definition) is 0. The van der Waals surface area contributed by atoms with Crippen LogP contribution < -0.4 is 0 Å². The highest BCUT2D eigenvalue weighted by atomic mass is 14.4. The van der Waals surface area contributed by atoms with Gasteiger partial charge in [0, 0.05) is 0 Å². The van der Waals surface area contributed by atoms with E-state index in [1.165, 1.54) is 6.42 Å². The van der Waals surface area contributed by atoms with Gasteiger partial charge in [-0.05, 0) is 19.8 Å². The van der Waals surface area contributed by atoms with E-state index in [0.29, 0.717) is 0 Å². The molecule has 0 heterocycles. The lowest BCUT2D eigenvalue weighted by Crippen LogP contribution is -2.22. The fourth-order valence-corrected chi connectivity index (χ4v) is 0.819. The second-order valence-corrected chi connectivity index (χ2v) is 2.53. The Kier molecular flexibility index (Phi) is 9.05. The van der Waals surface area contributed by atoms with Crippen molar-refractivity contribution < 1.29 is 0 Å². The van der Waals surface area contributed by atoms with Crippen LogP contribution in [0.15, 0.2) is 0 Å². The highest BCUT2D eigenvalue weighted by molar-refractivity contribution is 5.00. The zero-order valence-electron chi connectivity index (χ0n) is 8.57. The molecule has 0 bridgehead atoms. The molecule has 0 aliphatic heterocycles. The van der Waals surface area contributed by atoms with Crippen molar-refractivity contribution in [3.8, 4) is 6.07 Å². The molecule has 0 amide bonds. The minimum atomic E-state index is 0.0694. The molecule has 0 aromatic heterocycles. The van der Waals surface area contributed by atoms with E-state index in [4.69, 9.17) is 5.26 Å². The number of hydrogen-bond acceptors (Lipinski definition) is 1. The van der Waals surface area contributed by atoms with Gasteiger partial charge in [0.1, 0.15) is 0 Å². The second-order valence-electron chi connectivity index (χ2n) is 2.53. The van der Waals surface area contributed by atoms with Crippen LogP contribution in [0.5, 0.6) is 0 Å². The zero-order valence-corrected chi connectivity index (χ0v) is 8.57. The average molecular weight is 155 g/mol. The highest BCUT2D eigenvalue weighted by Crippen LogP contribution is 2.38. The summed E-state index contributed by atoms with van der Waals surface area (Å²) in [6.45, 7) is 10.0. The molecule has 0 unspecified atom stereocenters. The fourth-order valence-electron chi connectivity index (χ4n) is 0.819. The van der Waals surface area contributed by atoms with E-state index in [1.54, 1.807) is 0 Å². The van der Waals surface area contributed by atoms with Crippen LogP contribution >= 0.6 is 0 Å². The average Bonchev–Trinajstić information content (AvgIpc) is 2.08. The molecule has 1 nitrogen and oxygen atoms in total. The van der Waals surface area contributed by atoms with Gasteiger partial charge in [-0.2, -0.15) is 5.26 Å². The van der Waals surface area contributed by atoms with Crippen LogP contribution in [0.4, 0.5) is 0 Å². The van der Waals surface area contributed by atoms with Crippen molar-refractivity contribution in [2.75, 3.05) is 0 Å². The lowest BCUT2D eigenvalue weighted by atomic mass is 9.72. The maximum absolute atomic E-state index is 8.40. The van der Waals surface area contributed by atoms with Crippen molar-refractivity contribution in [3.05, 3.63) is 0 Å². The molecular weight excluding hydrogens is 134 g/mol. The summed E-state index contributed by atoms with van der Waals surface area (Å²) in [5, 5.41) is 8.40. The largest absolute Gasteiger partial charge is 0.198 e. The molecule has 0 aromatic carbocycles. The lowest BCUT2D eigenvalue weighted by molar-refractivity contribution is 0.245. The smallest absolute Gasteiger partial charge is 0.0686 e. The van der Waals surface area contributed by atoms with E-state index in [-0.39, 0.29) is 5.41 Å². The lowest BCUT2D eigenvalue weighted by Gasteiger charge is -2.30. The molecule has 1 rings (SSSR count). The van der Waals surface area contributed by atoms with Crippen LogP contribution in [0.3, 0.4) is 0 Å². The van der Waals surface area contributed by atoms with E-state index in [1.807, 2.05) is 34.6 Å². The Morgan fingerprint density at radius 2 is 1.45 bits per heavy atom. The molecule has 0 aromatic rings. The summed E-state index contributed by atoms with van der Waals surface area (Å²) >= 11 is 0. The molecule has 1 aliphatic carbocycles. The molecule has 11 heavy (non-hydrogen) atoms. The predicted octanol–water partition coefficient (Wildman–Crippen LogP) is 3.75. The summed E-state index contributed by atoms with van der Waals surface area (Å²) in [6, 6.07) is 2.28. The highest BCUT2D eigenvalue weighted by Gasteiger charge is 2.30. The van der Waals surface area contributed by atoms with Crippen molar-refractivity contribution in [2.24, 2.45) is 5.41 Å². The molecule has 0 spiro atoms. The van der Waals surface area contributed by atoms with E-state index < -0.39 is 0 Å². The van der Waals surface area contributed by atoms with Crippen molar-refractivity contribution >= 4 is 0 Å². The minimum absolute atomic E-state index is 0.0694. The van der Waals surface area contributed by atoms with Crippen molar-refractivity contribution in [3.63, 3.8) is 0 Å². The number of nitrogens with zero attached hydrogens (tertiary/aromatic N) is 1. The van der Waals surface area contributed by atoms with Gasteiger partial charge in [0.25, 0.3) is 0 Å². The minimum Gasteiger partial charge on any atom is -0.198 e. The number of nitriles is 1. The molecule has 1 heteroatoms. The Balaban J connectivity index is 0. The molecule has 1 saturated carbocycles. The van der Waals surface area contributed by atoms with Gasteiger partial charge < -0.3 is 0 Å². The van der Waals surface area contributed by atoms with Crippen molar-refractivity contribution in [2.45, 2.75) is 53.9 Å². The van der Waals surface area contributed by atoms with Crippen molar-refractivity contribution in [1.29, 1.82) is 5.26 Å². The summed E-state index contributed by atoms with van der Waals surface area (Å²) in [7, 11) is 0. The molecule has 1 fully saturated rings. The maximum Gasteiger partial charge on any atom is 0.0686 e. The zero-order chi connectivity index (χ0) is 9.33. The summed E-state index contributed by atoms with van der Waals surface area (Å²) in [4.78, 5) is 0. The third kappa shape index (κ3) is 4.84. The molecule has 0 radical (unpaired) electrons. The quantitative estimate of drug-likeness (QED) is 0.522. The van der Waals surface area contributed by atoms with Gasteiger partial charge in [0.05, 0.1) is 11.5 Å². The van der Waals surface area contributed by atoms with E-state index in [0.717, 1.165) is 12.8 Å². The third-order valence-electron chi connectivity index (χ3n) is 1.73. The monoisotopic (exact) mass is 155 g/mol. The van der Waals surface area contributed by atoms with Gasteiger partial charge >= 0.3 is 0 Å². The van der Waals surface area contributed by atoms with Crippen LogP contribution in [0.1, 0.15) is 53.9 Å². The van der Waals surface area contributed by atoms with E-state index >= 15 is 0 Å². The first-order chi connectivity index (χ1) is 5.27. The first kappa shape index (κ1) is 13.1. The number of rotatable bonds is 0. The fraction of sp³-hybridized carbons (Fsp3) is 0.900. The molecule has 0 saturated heterocycles. The van der Waals surface area contributed by atoms with Crippen LogP contribution in [-0.2, 0) is 0 Å². The van der Waals surface area contributed by atoms with Gasteiger partial charge in [0.2, 0.25) is 0 Å². The topological polar surface area (TPSA) is 23.8 Å². The Bertz CT molecular complexity index is 107. The van der Waals surface area contributed by atoms with Crippen LogP contribution in [0, 0.1) is 16.7 Å². The normalized spacial score (nSPS) is 17.1. The molecule has 0 atom stereocenters. The van der Waals surface area contributed by atoms with E-state index in [2.05, 4.69) is 6.07 Å². The third-order valence-corrected chi connectivity index (χ3v) is 1.73. The summed E-state index contributed by atoms with van der Waals surface area (Å²) < 4.78 is 0. The van der Waals surface area contributed by atoms with E-state index in [9.17, 15) is 0 Å². The van der Waals surface area contributed by atoms with Gasteiger partial charge in [-0.25, -0.2) is 0 Å². The molecule has 0 N–H and O–H groups in total. The van der Waals surface area contributed by atoms with Gasteiger partial charge in [0.15, 0.2) is 0 Å². The first-order valence-electron chi connectivity index (χ1n) is 4.68. The maximum atomic E-state index is 8.40. The second kappa shape index (κ2) is 7.60. The molecule has 66 valence electrons. The van der Waals surface area contributed by atoms with Crippen molar-refractivity contribution in [1.82, 2.24) is 0 Å². The van der Waals surface area contributed by atoms with Gasteiger partial charge in [-0.15, -0.1) is 0 Å². The Morgan fingerprint density at radius 1 is 1.09 bits per heavy atom. The summed E-state index contributed by atoms with van der Waals surface area (Å²) in [5.74, 6) is 0. The van der Waals surface area contributed by atoms with Crippen LogP contribution in [0.2, 0.25) is 0 Å². The Hall–Kier alpha value is -0.510. The molecular formula is C10H21N. The molecule has 1 aliphatic rings. The Morgan fingerprint density at radius 3 is 1.45 bits per heavy atom. The standard InChI is InChI=1S/C6H9N.2C2H6/c1-6(5-7)3-2-4-6;2*1-2/h2-4H2,1H3;2*1-2H3. The summed E-state index contributed by atoms with van der Waals surface area (Å²) in [6.07, 6.45) is 3.48. The van der Waals surface area contributed by atoms with Gasteiger partial charge in [-0.1, -0.05) is 34.1 Å². The van der Waals surface area contributed by atoms with Crippen LogP contribution in [0.25, 0.3) is 0 Å². The predicted molar refractivity (Wildman–Crippen MR) is 50.3 cm³/mol. The van der Waals surface area contributed by atoms with Crippen LogP contribution in [-0.4, -0.2) is 0 Å². The first-order valence-corrected chi connectivity index (χ1v) is 4.68. The SMILES string of the molecule is CC.CC.CC1(C#N)CCC1. The Labute approximate surface area is 71.4 Å². The van der Waals surface area contributed by atoms with Gasteiger partial charge in [-0.3, -0.25) is 0 Å².